The highest BCUT2D eigenvalue weighted by atomic mass is 35.5. The van der Waals surface area contributed by atoms with Crippen molar-refractivity contribution in [2.24, 2.45) is 5.73 Å². The third-order valence-electron chi connectivity index (χ3n) is 3.94. The molecule has 0 spiro atoms. The lowest BCUT2D eigenvalue weighted by Crippen LogP contribution is -2.40. The largest absolute Gasteiger partial charge is 0.487 e. The van der Waals surface area contributed by atoms with Crippen LogP contribution in [-0.4, -0.2) is 5.60 Å². The van der Waals surface area contributed by atoms with Crippen molar-refractivity contribution in [1.29, 1.82) is 0 Å². The van der Waals surface area contributed by atoms with Gasteiger partial charge in [-0.2, -0.15) is 0 Å². The van der Waals surface area contributed by atoms with Gasteiger partial charge < -0.3 is 10.5 Å². The third kappa shape index (κ3) is 3.64. The number of unbranched alkanes of at least 4 members (excludes halogenated alkanes) is 3. The number of rotatable bonds is 5. The van der Waals surface area contributed by atoms with Crippen LogP contribution in [0.4, 0.5) is 0 Å². The Balaban J connectivity index is 2.04. The Kier molecular flexibility index (Phi) is 4.75. The fourth-order valence-corrected chi connectivity index (χ4v) is 3.04. The summed E-state index contributed by atoms with van der Waals surface area (Å²) in [5.41, 5.74) is 7.19. The molecule has 106 valence electrons. The molecule has 0 aromatic heterocycles. The number of hydrogen-bond acceptors (Lipinski definition) is 2. The van der Waals surface area contributed by atoms with Gasteiger partial charge in [0, 0.05) is 23.0 Å². The van der Waals surface area contributed by atoms with Crippen LogP contribution in [0.25, 0.3) is 0 Å². The van der Waals surface area contributed by atoms with Gasteiger partial charge in [-0.3, -0.25) is 0 Å². The Hall–Kier alpha value is -0.730. The monoisotopic (exact) mass is 281 g/mol. The summed E-state index contributed by atoms with van der Waals surface area (Å²) in [5.74, 6) is 0.904. The summed E-state index contributed by atoms with van der Waals surface area (Å²) >= 11 is 6.02. The predicted octanol–water partition coefficient (Wildman–Crippen LogP) is 4.85. The second-order valence-electron chi connectivity index (χ2n) is 5.86. The molecule has 1 aliphatic rings. The van der Waals surface area contributed by atoms with Gasteiger partial charge in [0.05, 0.1) is 0 Å². The van der Waals surface area contributed by atoms with Crippen LogP contribution >= 0.6 is 11.6 Å². The SMILES string of the molecule is CCCCCCC1(C)CC(N)c2cc(Cl)ccc2O1. The number of ether oxygens (including phenoxy) is 1. The maximum atomic E-state index is 6.28. The van der Waals surface area contributed by atoms with Crippen molar-refractivity contribution in [2.45, 2.75) is 64.0 Å². The molecule has 0 fully saturated rings. The van der Waals surface area contributed by atoms with Crippen LogP contribution in [0.5, 0.6) is 5.75 Å². The second-order valence-corrected chi connectivity index (χ2v) is 6.29. The average Bonchev–Trinajstić information content (AvgIpc) is 2.36. The normalized spacial score (nSPS) is 25.8. The van der Waals surface area contributed by atoms with E-state index >= 15 is 0 Å². The molecular formula is C16H24ClNO. The molecule has 1 aliphatic heterocycles. The molecule has 2 rings (SSSR count). The lowest BCUT2D eigenvalue weighted by Gasteiger charge is -2.39. The molecule has 0 aliphatic carbocycles. The first-order valence-electron chi connectivity index (χ1n) is 7.28. The van der Waals surface area contributed by atoms with E-state index in [1.807, 2.05) is 18.2 Å². The van der Waals surface area contributed by atoms with Gasteiger partial charge in [-0.1, -0.05) is 37.8 Å². The van der Waals surface area contributed by atoms with Crippen molar-refractivity contribution in [2.75, 3.05) is 0 Å². The van der Waals surface area contributed by atoms with E-state index in [2.05, 4.69) is 13.8 Å². The van der Waals surface area contributed by atoms with Gasteiger partial charge in [-0.15, -0.1) is 0 Å². The van der Waals surface area contributed by atoms with Gasteiger partial charge in [0.15, 0.2) is 0 Å². The fourth-order valence-electron chi connectivity index (χ4n) is 2.86. The molecule has 2 nitrogen and oxygen atoms in total. The number of nitrogens with two attached hydrogens (primary N) is 1. The highest BCUT2D eigenvalue weighted by Gasteiger charge is 2.35. The van der Waals surface area contributed by atoms with Crippen LogP contribution in [0.2, 0.25) is 5.02 Å². The number of halogens is 1. The Labute approximate surface area is 121 Å². The first-order valence-corrected chi connectivity index (χ1v) is 7.66. The second kappa shape index (κ2) is 6.15. The van der Waals surface area contributed by atoms with Crippen LogP contribution in [0.1, 0.15) is 64.0 Å². The van der Waals surface area contributed by atoms with Crippen molar-refractivity contribution in [3.8, 4) is 5.75 Å². The Morgan fingerprint density at radius 1 is 1.37 bits per heavy atom. The minimum absolute atomic E-state index is 0.0265. The molecule has 2 unspecified atom stereocenters. The third-order valence-corrected chi connectivity index (χ3v) is 4.17. The summed E-state index contributed by atoms with van der Waals surface area (Å²) in [5, 5.41) is 0.726. The molecular weight excluding hydrogens is 258 g/mol. The summed E-state index contributed by atoms with van der Waals surface area (Å²) < 4.78 is 6.19. The molecule has 0 bridgehead atoms. The zero-order valence-corrected chi connectivity index (χ0v) is 12.7. The van der Waals surface area contributed by atoms with E-state index in [9.17, 15) is 0 Å². The molecule has 3 heteroatoms. The van der Waals surface area contributed by atoms with Crippen LogP contribution in [0.15, 0.2) is 18.2 Å². The average molecular weight is 282 g/mol. The van der Waals surface area contributed by atoms with Gasteiger partial charge in [0.2, 0.25) is 0 Å². The van der Waals surface area contributed by atoms with Crippen molar-refractivity contribution >= 4 is 11.6 Å². The summed E-state index contributed by atoms with van der Waals surface area (Å²) in [4.78, 5) is 0. The lowest BCUT2D eigenvalue weighted by atomic mass is 9.85. The minimum atomic E-state index is -0.131. The van der Waals surface area contributed by atoms with Crippen molar-refractivity contribution < 1.29 is 4.74 Å². The molecule has 2 N–H and O–H groups in total. The number of benzene rings is 1. The van der Waals surface area contributed by atoms with E-state index in [0.717, 1.165) is 29.2 Å². The van der Waals surface area contributed by atoms with Gasteiger partial charge in [0.25, 0.3) is 0 Å². The van der Waals surface area contributed by atoms with Crippen molar-refractivity contribution in [1.82, 2.24) is 0 Å². The molecule has 0 radical (unpaired) electrons. The zero-order chi connectivity index (χ0) is 13.9. The molecule has 1 aromatic rings. The molecule has 0 amide bonds. The Bertz CT molecular complexity index is 435. The van der Waals surface area contributed by atoms with E-state index in [1.54, 1.807) is 0 Å². The van der Waals surface area contributed by atoms with Gasteiger partial charge in [-0.25, -0.2) is 0 Å². The number of hydrogen-bond donors (Lipinski definition) is 1. The lowest BCUT2D eigenvalue weighted by molar-refractivity contribution is 0.0430. The predicted molar refractivity (Wildman–Crippen MR) is 80.8 cm³/mol. The van der Waals surface area contributed by atoms with E-state index in [-0.39, 0.29) is 11.6 Å². The first kappa shape index (κ1) is 14.7. The Morgan fingerprint density at radius 3 is 2.89 bits per heavy atom. The quantitative estimate of drug-likeness (QED) is 0.783. The molecule has 1 aromatic carbocycles. The molecule has 0 saturated carbocycles. The minimum Gasteiger partial charge on any atom is -0.487 e. The highest BCUT2D eigenvalue weighted by molar-refractivity contribution is 6.30. The van der Waals surface area contributed by atoms with E-state index in [0.29, 0.717) is 0 Å². The molecule has 1 heterocycles. The van der Waals surface area contributed by atoms with Gasteiger partial charge in [-0.05, 0) is 38.0 Å². The topological polar surface area (TPSA) is 35.2 Å². The zero-order valence-electron chi connectivity index (χ0n) is 11.9. The van der Waals surface area contributed by atoms with Gasteiger partial charge in [0.1, 0.15) is 11.4 Å². The fraction of sp³-hybridized carbons (Fsp3) is 0.625. The smallest absolute Gasteiger partial charge is 0.125 e. The highest BCUT2D eigenvalue weighted by Crippen LogP contribution is 2.41. The maximum Gasteiger partial charge on any atom is 0.125 e. The van der Waals surface area contributed by atoms with E-state index in [1.165, 1.54) is 25.7 Å². The maximum absolute atomic E-state index is 6.28. The van der Waals surface area contributed by atoms with Crippen molar-refractivity contribution in [3.05, 3.63) is 28.8 Å². The standard InChI is InChI=1S/C16H24ClNO/c1-3-4-5-6-9-16(2)11-14(18)13-10-12(17)7-8-15(13)19-16/h7-8,10,14H,3-6,9,11,18H2,1-2H3. The van der Waals surface area contributed by atoms with Crippen LogP contribution in [0.3, 0.4) is 0 Å². The summed E-state index contributed by atoms with van der Waals surface area (Å²) in [6, 6.07) is 5.77. The van der Waals surface area contributed by atoms with Crippen LogP contribution in [0, 0.1) is 0 Å². The van der Waals surface area contributed by atoms with E-state index in [4.69, 9.17) is 22.1 Å². The van der Waals surface area contributed by atoms with Crippen LogP contribution < -0.4 is 10.5 Å². The molecule has 2 atom stereocenters. The molecule has 0 saturated heterocycles. The molecule has 19 heavy (non-hydrogen) atoms. The van der Waals surface area contributed by atoms with Crippen molar-refractivity contribution in [3.63, 3.8) is 0 Å². The van der Waals surface area contributed by atoms with Crippen LogP contribution in [-0.2, 0) is 0 Å². The number of fused-ring (bicyclic) bond motifs is 1. The summed E-state index contributed by atoms with van der Waals surface area (Å²) in [6.07, 6.45) is 6.99. The summed E-state index contributed by atoms with van der Waals surface area (Å²) in [6.45, 7) is 4.41. The Morgan fingerprint density at radius 2 is 2.16 bits per heavy atom. The summed E-state index contributed by atoms with van der Waals surface area (Å²) in [7, 11) is 0. The van der Waals surface area contributed by atoms with E-state index < -0.39 is 0 Å². The van der Waals surface area contributed by atoms with Gasteiger partial charge >= 0.3 is 0 Å². The first-order chi connectivity index (χ1) is 9.04.